The lowest BCUT2D eigenvalue weighted by molar-refractivity contribution is -0.116. The second kappa shape index (κ2) is 3.52. The summed E-state index contributed by atoms with van der Waals surface area (Å²) in [4.78, 5) is 11.3. The van der Waals surface area contributed by atoms with E-state index in [1.807, 2.05) is 11.8 Å². The van der Waals surface area contributed by atoms with E-state index < -0.39 is 0 Å². The smallest absolute Gasteiger partial charge is 0.224 e. The molecule has 2 aliphatic heterocycles. The SMILES string of the molecule is CC1(c2ccc3c(c2)CCC(=O)N3)CCS1. The molecule has 0 saturated carbocycles. The number of rotatable bonds is 1. The van der Waals surface area contributed by atoms with Gasteiger partial charge in [0.15, 0.2) is 0 Å². The second-order valence-corrected chi connectivity index (χ2v) is 6.35. The summed E-state index contributed by atoms with van der Waals surface area (Å²) in [5, 5.41) is 2.93. The number of aryl methyl sites for hydroxylation is 1. The quantitative estimate of drug-likeness (QED) is 0.808. The van der Waals surface area contributed by atoms with E-state index in [1.54, 1.807) is 0 Å². The van der Waals surface area contributed by atoms with E-state index in [-0.39, 0.29) is 5.91 Å². The van der Waals surface area contributed by atoms with Crippen LogP contribution in [0.4, 0.5) is 5.69 Å². The Kier molecular flexibility index (Phi) is 2.25. The van der Waals surface area contributed by atoms with Gasteiger partial charge in [-0.3, -0.25) is 4.79 Å². The van der Waals surface area contributed by atoms with Crippen molar-refractivity contribution < 1.29 is 4.79 Å². The molecule has 0 aliphatic carbocycles. The van der Waals surface area contributed by atoms with Crippen LogP contribution in [-0.4, -0.2) is 11.7 Å². The molecule has 1 N–H and O–H groups in total. The highest BCUT2D eigenvalue weighted by atomic mass is 32.2. The summed E-state index contributed by atoms with van der Waals surface area (Å²) in [6.45, 7) is 2.31. The average molecular weight is 233 g/mol. The van der Waals surface area contributed by atoms with Crippen LogP contribution in [0.3, 0.4) is 0 Å². The first-order valence-corrected chi connectivity index (χ1v) is 6.73. The van der Waals surface area contributed by atoms with Crippen molar-refractivity contribution in [3.8, 4) is 0 Å². The van der Waals surface area contributed by atoms with Crippen molar-refractivity contribution in [2.45, 2.75) is 30.9 Å². The number of anilines is 1. The molecular formula is C13H15NOS. The lowest BCUT2D eigenvalue weighted by Gasteiger charge is -2.38. The van der Waals surface area contributed by atoms with Gasteiger partial charge in [0.05, 0.1) is 0 Å². The predicted molar refractivity (Wildman–Crippen MR) is 67.8 cm³/mol. The standard InChI is InChI=1S/C13H15NOS/c1-13(6-7-16-13)10-3-4-11-9(8-10)2-5-12(15)14-11/h3-4,8H,2,5-7H2,1H3,(H,14,15). The Morgan fingerprint density at radius 1 is 1.38 bits per heavy atom. The van der Waals surface area contributed by atoms with Crippen molar-refractivity contribution in [1.29, 1.82) is 0 Å². The van der Waals surface area contributed by atoms with E-state index >= 15 is 0 Å². The monoisotopic (exact) mass is 233 g/mol. The zero-order chi connectivity index (χ0) is 11.2. The Morgan fingerprint density at radius 2 is 2.19 bits per heavy atom. The fourth-order valence-electron chi connectivity index (χ4n) is 2.35. The van der Waals surface area contributed by atoms with Crippen LogP contribution >= 0.6 is 11.8 Å². The van der Waals surface area contributed by atoms with Crippen LogP contribution in [-0.2, 0) is 16.0 Å². The molecule has 0 aromatic heterocycles. The Hall–Kier alpha value is -0.960. The third-order valence-electron chi connectivity index (χ3n) is 3.61. The number of carbonyl (C=O) groups is 1. The molecule has 0 spiro atoms. The number of carbonyl (C=O) groups excluding carboxylic acids is 1. The Morgan fingerprint density at radius 3 is 2.88 bits per heavy atom. The normalized spacial score (nSPS) is 27.9. The Bertz CT molecular complexity index is 451. The second-order valence-electron chi connectivity index (χ2n) is 4.75. The largest absolute Gasteiger partial charge is 0.326 e. The van der Waals surface area contributed by atoms with Crippen molar-refractivity contribution in [1.82, 2.24) is 0 Å². The molecule has 1 fully saturated rings. The minimum Gasteiger partial charge on any atom is -0.326 e. The van der Waals surface area contributed by atoms with Crippen LogP contribution in [0.5, 0.6) is 0 Å². The van der Waals surface area contributed by atoms with E-state index in [2.05, 4.69) is 30.4 Å². The van der Waals surface area contributed by atoms with Crippen molar-refractivity contribution in [2.75, 3.05) is 11.1 Å². The summed E-state index contributed by atoms with van der Waals surface area (Å²) in [6.07, 6.45) is 2.78. The van der Waals surface area contributed by atoms with Gasteiger partial charge in [0, 0.05) is 16.9 Å². The molecule has 2 aliphatic rings. The zero-order valence-electron chi connectivity index (χ0n) is 9.38. The van der Waals surface area contributed by atoms with Gasteiger partial charge in [0.1, 0.15) is 0 Å². The lowest BCUT2D eigenvalue weighted by Crippen LogP contribution is -2.28. The van der Waals surface area contributed by atoms with E-state index in [1.165, 1.54) is 23.3 Å². The third-order valence-corrected chi connectivity index (χ3v) is 5.10. The molecule has 1 aromatic carbocycles. The molecule has 84 valence electrons. The minimum atomic E-state index is 0.143. The van der Waals surface area contributed by atoms with Gasteiger partial charge in [-0.25, -0.2) is 0 Å². The van der Waals surface area contributed by atoms with Crippen LogP contribution in [0, 0.1) is 0 Å². The highest BCUT2D eigenvalue weighted by Gasteiger charge is 2.35. The van der Waals surface area contributed by atoms with Crippen molar-refractivity contribution in [3.05, 3.63) is 29.3 Å². The number of hydrogen-bond acceptors (Lipinski definition) is 2. The molecule has 16 heavy (non-hydrogen) atoms. The minimum absolute atomic E-state index is 0.143. The summed E-state index contributed by atoms with van der Waals surface area (Å²) in [5.41, 5.74) is 3.72. The Labute approximate surface area is 99.8 Å². The molecule has 2 nitrogen and oxygen atoms in total. The van der Waals surface area contributed by atoms with Gasteiger partial charge in [0.25, 0.3) is 0 Å². The lowest BCUT2D eigenvalue weighted by atomic mass is 9.92. The van der Waals surface area contributed by atoms with Gasteiger partial charge >= 0.3 is 0 Å². The molecule has 0 bridgehead atoms. The summed E-state index contributed by atoms with van der Waals surface area (Å²) in [6, 6.07) is 6.50. The number of thioether (sulfide) groups is 1. The fourth-order valence-corrected chi connectivity index (χ4v) is 3.46. The first kappa shape index (κ1) is 10.2. The number of fused-ring (bicyclic) bond motifs is 1. The predicted octanol–water partition coefficient (Wildman–Crippen LogP) is 2.92. The number of hydrogen-bond donors (Lipinski definition) is 1. The fraction of sp³-hybridized carbons (Fsp3) is 0.462. The number of amides is 1. The maximum absolute atomic E-state index is 11.3. The van der Waals surface area contributed by atoms with E-state index in [9.17, 15) is 4.79 Å². The summed E-state index contributed by atoms with van der Waals surface area (Å²) >= 11 is 2.02. The molecule has 1 atom stereocenters. The molecule has 2 heterocycles. The molecule has 1 unspecified atom stereocenters. The van der Waals surface area contributed by atoms with E-state index in [4.69, 9.17) is 0 Å². The first-order valence-electron chi connectivity index (χ1n) is 5.75. The molecule has 0 radical (unpaired) electrons. The van der Waals surface area contributed by atoms with E-state index in [0.29, 0.717) is 11.2 Å². The van der Waals surface area contributed by atoms with Gasteiger partial charge in [-0.2, -0.15) is 11.8 Å². The summed E-state index contributed by atoms with van der Waals surface area (Å²) in [7, 11) is 0. The molecular weight excluding hydrogens is 218 g/mol. The van der Waals surface area contributed by atoms with E-state index in [0.717, 1.165) is 12.1 Å². The van der Waals surface area contributed by atoms with Crippen LogP contribution in [0.25, 0.3) is 0 Å². The van der Waals surface area contributed by atoms with Crippen LogP contribution in [0.2, 0.25) is 0 Å². The maximum atomic E-state index is 11.3. The highest BCUT2D eigenvalue weighted by Crippen LogP contribution is 2.49. The van der Waals surface area contributed by atoms with Crippen molar-refractivity contribution in [2.24, 2.45) is 0 Å². The topological polar surface area (TPSA) is 29.1 Å². The molecule has 1 amide bonds. The van der Waals surface area contributed by atoms with Crippen LogP contribution in [0.15, 0.2) is 18.2 Å². The third kappa shape index (κ3) is 1.54. The summed E-state index contributed by atoms with van der Waals surface area (Å²) < 4.78 is 0.316. The average Bonchev–Trinajstić information content (AvgIpc) is 2.25. The van der Waals surface area contributed by atoms with Gasteiger partial charge < -0.3 is 5.32 Å². The Balaban J connectivity index is 1.96. The van der Waals surface area contributed by atoms with Crippen LogP contribution < -0.4 is 5.32 Å². The summed E-state index contributed by atoms with van der Waals surface area (Å²) in [5.74, 6) is 1.41. The van der Waals surface area contributed by atoms with Crippen molar-refractivity contribution in [3.63, 3.8) is 0 Å². The molecule has 1 saturated heterocycles. The first-order chi connectivity index (χ1) is 7.67. The maximum Gasteiger partial charge on any atom is 0.224 e. The molecule has 3 rings (SSSR count). The highest BCUT2D eigenvalue weighted by molar-refractivity contribution is 8.01. The number of nitrogens with one attached hydrogen (secondary N) is 1. The van der Waals surface area contributed by atoms with Gasteiger partial charge in [-0.15, -0.1) is 0 Å². The zero-order valence-corrected chi connectivity index (χ0v) is 10.2. The van der Waals surface area contributed by atoms with Gasteiger partial charge in [-0.1, -0.05) is 12.1 Å². The van der Waals surface area contributed by atoms with Crippen molar-refractivity contribution >= 4 is 23.4 Å². The van der Waals surface area contributed by atoms with Gasteiger partial charge in [-0.05, 0) is 42.7 Å². The van der Waals surface area contributed by atoms with Crippen LogP contribution in [0.1, 0.15) is 30.9 Å². The number of benzene rings is 1. The molecule has 1 aromatic rings. The molecule has 3 heteroatoms. The van der Waals surface area contributed by atoms with Gasteiger partial charge in [0.2, 0.25) is 5.91 Å².